The third kappa shape index (κ3) is 1.30. The quantitative estimate of drug-likeness (QED) is 0.662. The molecule has 0 bridgehead atoms. The van der Waals surface area contributed by atoms with E-state index in [-0.39, 0.29) is 5.82 Å². The van der Waals surface area contributed by atoms with E-state index in [1.54, 1.807) is 11.8 Å². The molecule has 0 spiro atoms. The van der Waals surface area contributed by atoms with Crippen LogP contribution in [0.5, 0.6) is 0 Å². The molecule has 0 saturated carbocycles. The van der Waals surface area contributed by atoms with E-state index in [1.165, 1.54) is 23.6 Å². The van der Waals surface area contributed by atoms with Gasteiger partial charge in [-0.25, -0.2) is 14.4 Å². The number of thiazole rings is 1. The number of rotatable bonds is 1. The molecule has 12 heavy (non-hydrogen) atoms. The Balaban J connectivity index is 2.67. The van der Waals surface area contributed by atoms with Gasteiger partial charge in [-0.15, -0.1) is 11.3 Å². The van der Waals surface area contributed by atoms with E-state index < -0.39 is 0 Å². The van der Waals surface area contributed by atoms with Crippen molar-refractivity contribution in [2.24, 2.45) is 0 Å². The summed E-state index contributed by atoms with van der Waals surface area (Å²) in [7, 11) is 0. The monoisotopic (exact) mass is 200 g/mol. The van der Waals surface area contributed by atoms with Crippen LogP contribution in [0.1, 0.15) is 0 Å². The van der Waals surface area contributed by atoms with Gasteiger partial charge in [-0.05, 0) is 12.3 Å². The first-order chi connectivity index (χ1) is 5.79. The Morgan fingerprint density at radius 1 is 1.58 bits per heavy atom. The Morgan fingerprint density at radius 3 is 3.17 bits per heavy atom. The number of pyridine rings is 1. The average molecular weight is 200 g/mol. The fourth-order valence-electron chi connectivity index (χ4n) is 0.863. The maximum Gasteiger partial charge on any atom is 0.171 e. The number of thioether (sulfide) groups is 1. The lowest BCUT2D eigenvalue weighted by atomic mass is 10.5. The summed E-state index contributed by atoms with van der Waals surface area (Å²) in [6, 6.07) is 1.46. The van der Waals surface area contributed by atoms with Crippen LogP contribution in [0.3, 0.4) is 0 Å². The Kier molecular flexibility index (Phi) is 1.98. The highest BCUT2D eigenvalue weighted by molar-refractivity contribution is 8.00. The van der Waals surface area contributed by atoms with Gasteiger partial charge < -0.3 is 0 Å². The average Bonchev–Trinajstić information content (AvgIpc) is 2.46. The van der Waals surface area contributed by atoms with Gasteiger partial charge in [0, 0.05) is 0 Å². The van der Waals surface area contributed by atoms with Crippen molar-refractivity contribution in [3.05, 3.63) is 18.1 Å². The molecule has 0 aromatic carbocycles. The number of fused-ring (bicyclic) bond motifs is 1. The van der Waals surface area contributed by atoms with E-state index in [9.17, 15) is 4.39 Å². The van der Waals surface area contributed by atoms with Crippen molar-refractivity contribution in [2.45, 2.75) is 4.34 Å². The van der Waals surface area contributed by atoms with E-state index in [0.717, 1.165) is 9.04 Å². The highest BCUT2D eigenvalue weighted by Gasteiger charge is 2.03. The Bertz CT molecular complexity index is 413. The Morgan fingerprint density at radius 2 is 2.42 bits per heavy atom. The number of nitrogens with zero attached hydrogens (tertiary/aromatic N) is 2. The molecule has 2 rings (SSSR count). The molecule has 5 heteroatoms. The Hall–Kier alpha value is -0.680. The highest BCUT2D eigenvalue weighted by atomic mass is 32.2. The van der Waals surface area contributed by atoms with E-state index in [2.05, 4.69) is 9.97 Å². The summed E-state index contributed by atoms with van der Waals surface area (Å²) < 4.78 is 14.4. The lowest BCUT2D eigenvalue weighted by molar-refractivity contribution is 0.624. The van der Waals surface area contributed by atoms with Gasteiger partial charge in [0.1, 0.15) is 5.82 Å². The van der Waals surface area contributed by atoms with Crippen LogP contribution < -0.4 is 0 Å². The molecule has 0 radical (unpaired) electrons. The SMILES string of the molecule is CSc1nc2ncc(F)cc2s1. The number of aromatic nitrogens is 2. The molecule has 0 atom stereocenters. The maximum absolute atomic E-state index is 12.7. The second kappa shape index (κ2) is 2.99. The third-order valence-electron chi connectivity index (χ3n) is 1.37. The molecule has 0 N–H and O–H groups in total. The van der Waals surface area contributed by atoms with Gasteiger partial charge in [-0.2, -0.15) is 0 Å². The second-order valence-corrected chi connectivity index (χ2v) is 4.24. The molecule has 0 aliphatic carbocycles. The van der Waals surface area contributed by atoms with Crippen molar-refractivity contribution in [3.8, 4) is 0 Å². The zero-order valence-corrected chi connectivity index (χ0v) is 7.88. The molecular formula is C7H5FN2S2. The van der Waals surface area contributed by atoms with Crippen LogP contribution in [-0.2, 0) is 0 Å². The summed E-state index contributed by atoms with van der Waals surface area (Å²) in [5.74, 6) is -0.307. The topological polar surface area (TPSA) is 25.8 Å². The van der Waals surface area contributed by atoms with Gasteiger partial charge in [0.15, 0.2) is 9.99 Å². The fourth-order valence-corrected chi connectivity index (χ4v) is 2.33. The third-order valence-corrected chi connectivity index (χ3v) is 3.35. The second-order valence-electron chi connectivity index (χ2n) is 2.16. The first kappa shape index (κ1) is 7.94. The number of hydrogen-bond acceptors (Lipinski definition) is 4. The molecule has 2 heterocycles. The molecule has 62 valence electrons. The van der Waals surface area contributed by atoms with Crippen LogP contribution in [0.15, 0.2) is 16.6 Å². The summed E-state index contributed by atoms with van der Waals surface area (Å²) in [6.07, 6.45) is 3.13. The van der Waals surface area contributed by atoms with Gasteiger partial charge in [-0.1, -0.05) is 11.8 Å². The van der Waals surface area contributed by atoms with Crippen LogP contribution in [0.2, 0.25) is 0 Å². The highest BCUT2D eigenvalue weighted by Crippen LogP contribution is 2.26. The largest absolute Gasteiger partial charge is 0.233 e. The normalized spacial score (nSPS) is 10.8. The van der Waals surface area contributed by atoms with Gasteiger partial charge in [0.25, 0.3) is 0 Å². The van der Waals surface area contributed by atoms with E-state index in [4.69, 9.17) is 0 Å². The molecule has 0 fully saturated rings. The molecule has 0 saturated heterocycles. The predicted octanol–water partition coefficient (Wildman–Crippen LogP) is 2.55. The summed E-state index contributed by atoms with van der Waals surface area (Å²) >= 11 is 3.01. The van der Waals surface area contributed by atoms with Crippen LogP contribution in [0.4, 0.5) is 4.39 Å². The molecular weight excluding hydrogens is 195 g/mol. The molecule has 2 aromatic rings. The van der Waals surface area contributed by atoms with E-state index >= 15 is 0 Å². The van der Waals surface area contributed by atoms with Crippen LogP contribution in [-0.4, -0.2) is 16.2 Å². The van der Waals surface area contributed by atoms with Crippen LogP contribution >= 0.6 is 23.1 Å². The fraction of sp³-hybridized carbons (Fsp3) is 0.143. The first-order valence-electron chi connectivity index (χ1n) is 3.25. The molecule has 0 aliphatic rings. The molecule has 0 unspecified atom stereocenters. The van der Waals surface area contributed by atoms with Crippen molar-refractivity contribution < 1.29 is 4.39 Å². The van der Waals surface area contributed by atoms with Crippen LogP contribution in [0.25, 0.3) is 10.3 Å². The molecule has 2 nitrogen and oxygen atoms in total. The van der Waals surface area contributed by atoms with Crippen molar-refractivity contribution in [3.63, 3.8) is 0 Å². The maximum atomic E-state index is 12.7. The molecule has 0 aliphatic heterocycles. The van der Waals surface area contributed by atoms with Crippen molar-refractivity contribution in [2.75, 3.05) is 6.26 Å². The zero-order valence-electron chi connectivity index (χ0n) is 6.24. The lowest BCUT2D eigenvalue weighted by Crippen LogP contribution is -1.77. The van der Waals surface area contributed by atoms with Crippen LogP contribution in [0, 0.1) is 5.82 Å². The predicted molar refractivity (Wildman–Crippen MR) is 49.2 cm³/mol. The van der Waals surface area contributed by atoms with Crippen molar-refractivity contribution >= 4 is 33.4 Å². The van der Waals surface area contributed by atoms with Gasteiger partial charge in [-0.3, -0.25) is 0 Å². The smallest absolute Gasteiger partial charge is 0.171 e. The number of halogens is 1. The minimum Gasteiger partial charge on any atom is -0.233 e. The van der Waals surface area contributed by atoms with E-state index in [1.807, 2.05) is 6.26 Å². The summed E-state index contributed by atoms with van der Waals surface area (Å²) in [5.41, 5.74) is 0.630. The minimum atomic E-state index is -0.307. The molecule has 2 aromatic heterocycles. The summed E-state index contributed by atoms with van der Waals surface area (Å²) in [4.78, 5) is 8.04. The Labute approximate surface area is 76.8 Å². The van der Waals surface area contributed by atoms with Gasteiger partial charge in [0.05, 0.1) is 10.9 Å². The standard InChI is InChI=1S/C7H5FN2S2/c1-11-7-10-6-5(12-7)2-4(8)3-9-6/h2-3H,1H3. The summed E-state index contributed by atoms with van der Waals surface area (Å²) in [5, 5.41) is 0. The van der Waals surface area contributed by atoms with E-state index in [0.29, 0.717) is 5.65 Å². The summed E-state index contributed by atoms with van der Waals surface area (Å²) in [6.45, 7) is 0. The van der Waals surface area contributed by atoms with Crippen molar-refractivity contribution in [1.29, 1.82) is 0 Å². The first-order valence-corrected chi connectivity index (χ1v) is 5.30. The molecule has 0 amide bonds. The van der Waals surface area contributed by atoms with Gasteiger partial charge >= 0.3 is 0 Å². The number of hydrogen-bond donors (Lipinski definition) is 0. The zero-order chi connectivity index (χ0) is 8.55. The lowest BCUT2D eigenvalue weighted by Gasteiger charge is -1.84. The van der Waals surface area contributed by atoms with Crippen molar-refractivity contribution in [1.82, 2.24) is 9.97 Å². The van der Waals surface area contributed by atoms with Gasteiger partial charge in [0.2, 0.25) is 0 Å². The minimum absolute atomic E-state index is 0.307.